The summed E-state index contributed by atoms with van der Waals surface area (Å²) < 4.78 is 43.9. The average molecular weight is 521 g/mol. The van der Waals surface area contributed by atoms with Crippen LogP contribution < -0.4 is 10.2 Å². The van der Waals surface area contributed by atoms with Crippen LogP contribution in [0.5, 0.6) is 0 Å². The van der Waals surface area contributed by atoms with Crippen LogP contribution in [0.4, 0.5) is 10.2 Å². The molecule has 2 aromatic heterocycles. The van der Waals surface area contributed by atoms with Gasteiger partial charge in [-0.3, -0.25) is 4.79 Å². The summed E-state index contributed by atoms with van der Waals surface area (Å²) in [5.74, 6) is 0.692. The fourth-order valence-electron chi connectivity index (χ4n) is 4.00. The van der Waals surface area contributed by atoms with Crippen molar-refractivity contribution in [3.05, 3.63) is 36.5 Å². The van der Waals surface area contributed by atoms with E-state index in [9.17, 15) is 17.6 Å². The zero-order valence-corrected chi connectivity index (χ0v) is 21.8. The van der Waals surface area contributed by atoms with Crippen LogP contribution in [-0.2, 0) is 19.4 Å². The average Bonchev–Trinajstić information content (AvgIpc) is 3.27. The molecule has 12 heteroatoms. The van der Waals surface area contributed by atoms with Crippen molar-refractivity contribution in [2.75, 3.05) is 37.3 Å². The monoisotopic (exact) mass is 520 g/mol. The molecular formula is C24H33FN6O4S. The molecule has 1 saturated heterocycles. The minimum atomic E-state index is -3.50. The summed E-state index contributed by atoms with van der Waals surface area (Å²) in [6.07, 6.45) is 6.43. The quantitative estimate of drug-likeness (QED) is 0.447. The molecular weight excluding hydrogens is 487 g/mol. The van der Waals surface area contributed by atoms with Gasteiger partial charge in [0.1, 0.15) is 23.6 Å². The summed E-state index contributed by atoms with van der Waals surface area (Å²) in [7, 11) is -3.50. The first-order valence-corrected chi connectivity index (χ1v) is 13.8. The Hall–Kier alpha value is -3.12. The Balaban J connectivity index is 0.000000538. The topological polar surface area (TPSA) is 119 Å². The van der Waals surface area contributed by atoms with Gasteiger partial charge in [-0.05, 0) is 70.8 Å². The molecule has 0 saturated carbocycles. The number of nitrogens with zero attached hydrogens (tertiary/aromatic N) is 5. The first-order valence-electron chi connectivity index (χ1n) is 11.9. The lowest BCUT2D eigenvalue weighted by Crippen LogP contribution is -2.36. The number of nitrogens with one attached hydrogen (secondary N) is 1. The van der Waals surface area contributed by atoms with Crippen molar-refractivity contribution in [3.8, 4) is 5.69 Å². The van der Waals surface area contributed by atoms with Crippen LogP contribution in [0.2, 0.25) is 0 Å². The second kappa shape index (κ2) is 12.2. The first kappa shape index (κ1) is 27.5. The van der Waals surface area contributed by atoms with E-state index >= 15 is 0 Å². The summed E-state index contributed by atoms with van der Waals surface area (Å²) in [5, 5.41) is 8.45. The van der Waals surface area contributed by atoms with E-state index in [1.807, 2.05) is 0 Å². The zero-order valence-electron chi connectivity index (χ0n) is 21.0. The number of piperidine rings is 1. The fraction of sp³-hybridized carbons (Fsp3) is 0.500. The molecule has 4 rings (SSSR count). The van der Waals surface area contributed by atoms with Gasteiger partial charge in [0, 0.05) is 19.3 Å². The van der Waals surface area contributed by atoms with Crippen LogP contribution >= 0.6 is 0 Å². The molecule has 1 N–H and O–H groups in total. The van der Waals surface area contributed by atoms with Gasteiger partial charge in [0.15, 0.2) is 15.5 Å². The van der Waals surface area contributed by atoms with Crippen LogP contribution in [0.3, 0.4) is 0 Å². The predicted octanol–water partition coefficient (Wildman–Crippen LogP) is 2.75. The number of benzene rings is 1. The number of carbonyl (C=O) groups is 1. The highest BCUT2D eigenvalue weighted by Crippen LogP contribution is 2.27. The minimum Gasteiger partial charge on any atom is -0.465 e. The lowest BCUT2D eigenvalue weighted by molar-refractivity contribution is -0.131. The summed E-state index contributed by atoms with van der Waals surface area (Å²) in [4.78, 5) is 20.4. The normalized spacial score (nSPS) is 14.4. The van der Waals surface area contributed by atoms with Gasteiger partial charge in [-0.1, -0.05) is 0 Å². The van der Waals surface area contributed by atoms with Crippen LogP contribution in [0.15, 0.2) is 35.6 Å². The highest BCUT2D eigenvalue weighted by Gasteiger charge is 2.21. The van der Waals surface area contributed by atoms with Crippen molar-refractivity contribution in [2.45, 2.75) is 44.6 Å². The van der Waals surface area contributed by atoms with E-state index in [2.05, 4.69) is 36.9 Å². The van der Waals surface area contributed by atoms with Crippen molar-refractivity contribution in [1.82, 2.24) is 25.1 Å². The summed E-state index contributed by atoms with van der Waals surface area (Å²) in [6, 6.07) is 3.79. The molecule has 1 aliphatic heterocycles. The maximum Gasteiger partial charge on any atom is 0.293 e. The molecule has 0 spiro atoms. The number of hydrogen-bond donors (Lipinski definition) is 1. The molecule has 0 radical (unpaired) electrons. The number of anilines is 1. The van der Waals surface area contributed by atoms with Crippen LogP contribution in [0, 0.1) is 11.7 Å². The van der Waals surface area contributed by atoms with E-state index in [1.54, 1.807) is 20.0 Å². The maximum absolute atomic E-state index is 14.7. The highest BCUT2D eigenvalue weighted by molar-refractivity contribution is 7.90. The lowest BCUT2D eigenvalue weighted by Gasteiger charge is -2.30. The van der Waals surface area contributed by atoms with E-state index in [-0.39, 0.29) is 16.7 Å². The summed E-state index contributed by atoms with van der Waals surface area (Å²) in [6.45, 7) is 9.88. The largest absolute Gasteiger partial charge is 0.465 e. The molecule has 0 bridgehead atoms. The van der Waals surface area contributed by atoms with E-state index in [0.717, 1.165) is 62.5 Å². The molecule has 3 heterocycles. The van der Waals surface area contributed by atoms with Gasteiger partial charge in [-0.15, -0.1) is 0 Å². The minimum absolute atomic E-state index is 0.0301. The Morgan fingerprint density at radius 1 is 1.28 bits per heavy atom. The van der Waals surface area contributed by atoms with Crippen molar-refractivity contribution in [1.29, 1.82) is 0 Å². The van der Waals surface area contributed by atoms with Crippen molar-refractivity contribution < 1.29 is 22.3 Å². The molecule has 0 aliphatic carbocycles. The number of fused-ring (bicyclic) bond motifs is 1. The van der Waals surface area contributed by atoms with E-state index in [4.69, 9.17) is 0 Å². The second-order valence-electron chi connectivity index (χ2n) is 8.89. The van der Waals surface area contributed by atoms with Gasteiger partial charge in [-0.2, -0.15) is 5.10 Å². The van der Waals surface area contributed by atoms with Gasteiger partial charge in [-0.25, -0.2) is 27.5 Å². The van der Waals surface area contributed by atoms with Gasteiger partial charge in [0.25, 0.3) is 6.47 Å². The molecule has 0 atom stereocenters. The highest BCUT2D eigenvalue weighted by atomic mass is 32.2. The number of halogens is 1. The standard InChI is InChI=1S/C20H25FN6O2S.C4H8O2/c1-3-26(12-14-6-8-22-9-7-14)19-16-11-25-27(20(16)24-13-23-19)18-5-4-15(10-17(18)21)30(2,28)29;1-4(2)6-3-5/h4-5,10-11,13-14,22H,3,6-9,12H2,1-2H3;3-4H,1-2H3. The molecule has 36 heavy (non-hydrogen) atoms. The molecule has 0 unspecified atom stereocenters. The third-order valence-electron chi connectivity index (χ3n) is 5.87. The van der Waals surface area contributed by atoms with E-state index in [0.29, 0.717) is 18.0 Å². The number of aromatic nitrogens is 4. The molecule has 1 aliphatic rings. The molecule has 1 fully saturated rings. The predicted molar refractivity (Wildman–Crippen MR) is 135 cm³/mol. The van der Waals surface area contributed by atoms with E-state index in [1.165, 1.54) is 23.1 Å². The number of ether oxygens (including phenoxy) is 1. The number of rotatable bonds is 8. The molecule has 1 aromatic carbocycles. The van der Waals surface area contributed by atoms with Crippen LogP contribution in [0.1, 0.15) is 33.6 Å². The third kappa shape index (κ3) is 6.76. The molecule has 196 valence electrons. The van der Waals surface area contributed by atoms with Crippen molar-refractivity contribution >= 4 is 33.2 Å². The Morgan fingerprint density at radius 2 is 2.00 bits per heavy atom. The Morgan fingerprint density at radius 3 is 2.56 bits per heavy atom. The Bertz CT molecular complexity index is 1270. The first-order chi connectivity index (χ1) is 17.2. The van der Waals surface area contributed by atoms with Gasteiger partial charge in [0.05, 0.1) is 22.6 Å². The van der Waals surface area contributed by atoms with Crippen LogP contribution in [0.25, 0.3) is 16.7 Å². The number of carbonyl (C=O) groups excluding carboxylic acids is 1. The SMILES string of the molecule is CC(C)OC=O.CCN(CC1CCNCC1)c1ncnc2c1cnn2-c1ccc(S(C)(=O)=O)cc1F. The van der Waals surface area contributed by atoms with Crippen molar-refractivity contribution in [3.63, 3.8) is 0 Å². The van der Waals surface area contributed by atoms with Gasteiger partial charge < -0.3 is 15.0 Å². The maximum atomic E-state index is 14.7. The summed E-state index contributed by atoms with van der Waals surface area (Å²) in [5.41, 5.74) is 0.623. The Labute approximate surface area is 210 Å². The number of hydrogen-bond acceptors (Lipinski definition) is 9. The van der Waals surface area contributed by atoms with Gasteiger partial charge >= 0.3 is 0 Å². The van der Waals surface area contributed by atoms with Crippen LogP contribution in [-0.4, -0.2) is 73.2 Å². The molecule has 0 amide bonds. The van der Waals surface area contributed by atoms with Gasteiger partial charge in [0.2, 0.25) is 0 Å². The third-order valence-corrected chi connectivity index (χ3v) is 6.98. The second-order valence-corrected chi connectivity index (χ2v) is 10.9. The zero-order chi connectivity index (χ0) is 26.3. The Kier molecular flexibility index (Phi) is 9.32. The molecule has 3 aromatic rings. The molecule has 10 nitrogen and oxygen atoms in total. The lowest BCUT2D eigenvalue weighted by atomic mass is 9.97. The van der Waals surface area contributed by atoms with Crippen molar-refractivity contribution in [2.24, 2.45) is 5.92 Å². The van der Waals surface area contributed by atoms with E-state index < -0.39 is 15.7 Å². The summed E-state index contributed by atoms with van der Waals surface area (Å²) >= 11 is 0. The number of sulfone groups is 1. The smallest absolute Gasteiger partial charge is 0.293 e. The fourth-order valence-corrected chi connectivity index (χ4v) is 4.64.